The maximum absolute atomic E-state index is 11.0. The zero-order valence-corrected chi connectivity index (χ0v) is 9.74. The smallest absolute Gasteiger partial charge is 0.339 e. The van der Waals surface area contributed by atoms with Gasteiger partial charge in [-0.3, -0.25) is 0 Å². The van der Waals surface area contributed by atoms with E-state index in [1.807, 2.05) is 6.92 Å². The van der Waals surface area contributed by atoms with Gasteiger partial charge in [-0.15, -0.1) is 0 Å². The Kier molecular flexibility index (Phi) is 4.17. The van der Waals surface area contributed by atoms with Crippen molar-refractivity contribution in [1.29, 1.82) is 0 Å². The Bertz CT molecular complexity index is 385. The molecule has 0 bridgehead atoms. The van der Waals surface area contributed by atoms with Crippen LogP contribution in [0.15, 0.2) is 12.1 Å². The van der Waals surface area contributed by atoms with Crippen LogP contribution in [-0.2, 0) is 0 Å². The molecule has 1 aromatic carbocycles. The highest BCUT2D eigenvalue weighted by atomic mass is 16.5. The summed E-state index contributed by atoms with van der Waals surface area (Å²) in [7, 11) is 1.55. The Balaban J connectivity index is 3.19. The van der Waals surface area contributed by atoms with Crippen LogP contribution in [0.4, 0.5) is 0 Å². The van der Waals surface area contributed by atoms with Crippen molar-refractivity contribution in [3.8, 4) is 11.5 Å². The van der Waals surface area contributed by atoms with E-state index in [4.69, 9.17) is 14.6 Å². The minimum atomic E-state index is -0.989. The average molecular weight is 224 g/mol. The van der Waals surface area contributed by atoms with Crippen LogP contribution in [0, 0.1) is 6.92 Å². The molecule has 0 saturated heterocycles. The monoisotopic (exact) mass is 224 g/mol. The van der Waals surface area contributed by atoms with E-state index < -0.39 is 5.97 Å². The molecule has 0 amide bonds. The van der Waals surface area contributed by atoms with Crippen molar-refractivity contribution in [1.82, 2.24) is 0 Å². The number of methoxy groups -OCH3 is 1. The summed E-state index contributed by atoms with van der Waals surface area (Å²) in [5.74, 6) is 0.0432. The van der Waals surface area contributed by atoms with Gasteiger partial charge < -0.3 is 14.6 Å². The molecule has 4 heteroatoms. The predicted octanol–water partition coefficient (Wildman–Crippen LogP) is 2.49. The molecule has 0 aliphatic heterocycles. The van der Waals surface area contributed by atoms with Gasteiger partial charge in [0.15, 0.2) is 0 Å². The van der Waals surface area contributed by atoms with Crippen molar-refractivity contribution >= 4 is 5.97 Å². The van der Waals surface area contributed by atoms with Crippen LogP contribution in [0.2, 0.25) is 0 Å². The second kappa shape index (κ2) is 5.39. The zero-order chi connectivity index (χ0) is 12.1. The molecule has 0 unspecified atom stereocenters. The van der Waals surface area contributed by atoms with E-state index in [0.717, 1.165) is 12.0 Å². The molecule has 1 aromatic rings. The number of ether oxygens (including phenoxy) is 2. The molecule has 16 heavy (non-hydrogen) atoms. The third kappa shape index (κ3) is 2.45. The second-order valence-electron chi connectivity index (χ2n) is 3.42. The molecule has 0 radical (unpaired) electrons. The molecule has 0 atom stereocenters. The van der Waals surface area contributed by atoms with Crippen LogP contribution in [0.25, 0.3) is 0 Å². The van der Waals surface area contributed by atoms with Crippen LogP contribution >= 0.6 is 0 Å². The van der Waals surface area contributed by atoms with E-state index in [1.54, 1.807) is 20.1 Å². The summed E-state index contributed by atoms with van der Waals surface area (Å²) in [4.78, 5) is 11.0. The van der Waals surface area contributed by atoms with E-state index in [-0.39, 0.29) is 5.56 Å². The van der Waals surface area contributed by atoms with Gasteiger partial charge in [0.25, 0.3) is 0 Å². The van der Waals surface area contributed by atoms with Crippen molar-refractivity contribution in [2.24, 2.45) is 0 Å². The SMILES string of the molecule is CCCOc1c(C(=O)O)ccc(OC)c1C. The number of carbonyl (C=O) groups is 1. The summed E-state index contributed by atoms with van der Waals surface area (Å²) in [6.07, 6.45) is 0.829. The van der Waals surface area contributed by atoms with Gasteiger partial charge in [-0.25, -0.2) is 4.79 Å². The highest BCUT2D eigenvalue weighted by molar-refractivity contribution is 5.91. The Morgan fingerprint density at radius 2 is 2.12 bits per heavy atom. The number of aromatic carboxylic acids is 1. The Labute approximate surface area is 94.8 Å². The molecule has 0 saturated carbocycles. The topological polar surface area (TPSA) is 55.8 Å². The van der Waals surface area contributed by atoms with E-state index in [0.29, 0.717) is 18.1 Å². The van der Waals surface area contributed by atoms with Gasteiger partial charge in [-0.1, -0.05) is 6.92 Å². The van der Waals surface area contributed by atoms with Crippen LogP contribution in [0.1, 0.15) is 29.3 Å². The largest absolute Gasteiger partial charge is 0.496 e. The standard InChI is InChI=1S/C12H16O4/c1-4-7-16-11-8(2)10(15-3)6-5-9(11)12(13)14/h5-6H,4,7H2,1-3H3,(H,13,14). The summed E-state index contributed by atoms with van der Waals surface area (Å²) in [6.45, 7) is 4.25. The number of carboxylic acid groups (broad SMARTS) is 1. The van der Waals surface area contributed by atoms with Gasteiger partial charge >= 0.3 is 5.97 Å². The lowest BCUT2D eigenvalue weighted by Crippen LogP contribution is -2.06. The van der Waals surface area contributed by atoms with Crippen LogP contribution in [0.5, 0.6) is 11.5 Å². The lowest BCUT2D eigenvalue weighted by atomic mass is 10.1. The maximum Gasteiger partial charge on any atom is 0.339 e. The minimum Gasteiger partial charge on any atom is -0.496 e. The molecular formula is C12H16O4. The van der Waals surface area contributed by atoms with Crippen molar-refractivity contribution in [3.05, 3.63) is 23.3 Å². The van der Waals surface area contributed by atoms with Crippen molar-refractivity contribution in [2.45, 2.75) is 20.3 Å². The van der Waals surface area contributed by atoms with Crippen molar-refractivity contribution in [3.63, 3.8) is 0 Å². The summed E-state index contributed by atoms with van der Waals surface area (Å²) >= 11 is 0. The molecule has 0 heterocycles. The van der Waals surface area contributed by atoms with Crippen LogP contribution < -0.4 is 9.47 Å². The first-order valence-electron chi connectivity index (χ1n) is 5.15. The lowest BCUT2D eigenvalue weighted by Gasteiger charge is -2.14. The number of benzene rings is 1. The fourth-order valence-electron chi connectivity index (χ4n) is 1.45. The zero-order valence-electron chi connectivity index (χ0n) is 9.74. The molecule has 0 spiro atoms. The van der Waals surface area contributed by atoms with E-state index in [1.165, 1.54) is 6.07 Å². The minimum absolute atomic E-state index is 0.173. The van der Waals surface area contributed by atoms with Crippen molar-refractivity contribution in [2.75, 3.05) is 13.7 Å². The van der Waals surface area contributed by atoms with Gasteiger partial charge in [0.2, 0.25) is 0 Å². The molecule has 0 aromatic heterocycles. The van der Waals surface area contributed by atoms with Crippen molar-refractivity contribution < 1.29 is 19.4 Å². The first kappa shape index (κ1) is 12.4. The Morgan fingerprint density at radius 3 is 2.62 bits per heavy atom. The van der Waals surface area contributed by atoms with E-state index in [2.05, 4.69) is 0 Å². The second-order valence-corrected chi connectivity index (χ2v) is 3.42. The van der Waals surface area contributed by atoms with Crippen LogP contribution in [0.3, 0.4) is 0 Å². The molecular weight excluding hydrogens is 208 g/mol. The van der Waals surface area contributed by atoms with E-state index >= 15 is 0 Å². The van der Waals surface area contributed by atoms with Gasteiger partial charge in [-0.05, 0) is 25.5 Å². The van der Waals surface area contributed by atoms with Crippen LogP contribution in [-0.4, -0.2) is 24.8 Å². The summed E-state index contributed by atoms with van der Waals surface area (Å²) in [5, 5.41) is 9.03. The third-order valence-corrected chi connectivity index (χ3v) is 2.26. The highest BCUT2D eigenvalue weighted by Crippen LogP contribution is 2.31. The molecule has 4 nitrogen and oxygen atoms in total. The number of rotatable bonds is 5. The fourth-order valence-corrected chi connectivity index (χ4v) is 1.45. The molecule has 0 fully saturated rings. The lowest BCUT2D eigenvalue weighted by molar-refractivity contribution is 0.0692. The third-order valence-electron chi connectivity index (χ3n) is 2.26. The fraction of sp³-hybridized carbons (Fsp3) is 0.417. The first-order chi connectivity index (χ1) is 7.61. The quantitative estimate of drug-likeness (QED) is 0.834. The average Bonchev–Trinajstić information content (AvgIpc) is 2.26. The normalized spacial score (nSPS) is 9.94. The van der Waals surface area contributed by atoms with E-state index in [9.17, 15) is 4.79 Å². The number of hydrogen-bond donors (Lipinski definition) is 1. The highest BCUT2D eigenvalue weighted by Gasteiger charge is 2.16. The van der Waals surface area contributed by atoms with Gasteiger partial charge in [0.05, 0.1) is 13.7 Å². The molecule has 1 N–H and O–H groups in total. The maximum atomic E-state index is 11.0. The number of carboxylic acids is 1. The molecule has 88 valence electrons. The summed E-state index contributed by atoms with van der Waals surface area (Å²) in [5.41, 5.74) is 0.891. The summed E-state index contributed by atoms with van der Waals surface area (Å²) in [6, 6.07) is 3.14. The molecule has 0 aliphatic rings. The Hall–Kier alpha value is -1.71. The first-order valence-corrected chi connectivity index (χ1v) is 5.15. The Morgan fingerprint density at radius 1 is 1.44 bits per heavy atom. The van der Waals surface area contributed by atoms with Gasteiger partial charge in [0.1, 0.15) is 17.1 Å². The van der Waals surface area contributed by atoms with Gasteiger partial charge in [-0.2, -0.15) is 0 Å². The number of hydrogen-bond acceptors (Lipinski definition) is 3. The molecule has 1 rings (SSSR count). The van der Waals surface area contributed by atoms with Gasteiger partial charge in [0, 0.05) is 5.56 Å². The predicted molar refractivity (Wildman–Crippen MR) is 60.5 cm³/mol. The summed E-state index contributed by atoms with van der Waals surface area (Å²) < 4.78 is 10.6. The molecule has 0 aliphatic carbocycles.